The average molecular weight is 587 g/mol. The molecule has 0 unspecified atom stereocenters. The maximum absolute atomic E-state index is 14.2. The molecule has 0 aliphatic rings. The Kier molecular flexibility index (Phi) is 9.71. The number of carboxylic acids is 1. The maximum atomic E-state index is 14.2. The van der Waals surface area contributed by atoms with Crippen molar-refractivity contribution in [1.82, 2.24) is 4.57 Å². The lowest BCUT2D eigenvalue weighted by Crippen LogP contribution is -2.27. The van der Waals surface area contributed by atoms with E-state index in [1.807, 2.05) is 56.3 Å². The van der Waals surface area contributed by atoms with Crippen LogP contribution in [0.2, 0.25) is 0 Å². The molecule has 4 N–H and O–H groups in total. The van der Waals surface area contributed by atoms with E-state index < -0.39 is 35.1 Å². The zero-order chi connectivity index (χ0) is 31.3. The second-order valence-corrected chi connectivity index (χ2v) is 11.5. The monoisotopic (exact) mass is 586 g/mol. The highest BCUT2D eigenvalue weighted by molar-refractivity contribution is 6.12. The molecule has 7 nitrogen and oxygen atoms in total. The fourth-order valence-electron chi connectivity index (χ4n) is 5.74. The van der Waals surface area contributed by atoms with E-state index in [4.69, 9.17) is 0 Å². The third-order valence-electron chi connectivity index (χ3n) is 7.82. The number of carboxylic acid groups (broad SMARTS) is 1. The van der Waals surface area contributed by atoms with Crippen LogP contribution in [-0.2, 0) is 10.4 Å². The van der Waals surface area contributed by atoms with Crippen LogP contribution in [-0.4, -0.2) is 31.8 Å². The number of aliphatic hydroxyl groups is 1. The van der Waals surface area contributed by atoms with Gasteiger partial charge in [0.1, 0.15) is 17.0 Å². The largest absolute Gasteiger partial charge is 0.505 e. The number of unbranched alkanes of at least 4 members (excludes halogenated alkanes) is 1. The number of aromatic nitrogens is 1. The SMILES string of the molecule is CCCC[C@H](CC(=O)O)[C@@H](C)n1c(-c2ccc(F)cc2)c(C(=O)Nc2ccccc2-c2ccccc2)c(O)c1C(C)(C)O. The lowest BCUT2D eigenvalue weighted by Gasteiger charge is -2.31. The van der Waals surface area contributed by atoms with Crippen LogP contribution in [0, 0.1) is 11.7 Å². The Morgan fingerprint density at radius 3 is 2.19 bits per heavy atom. The van der Waals surface area contributed by atoms with E-state index in [1.54, 1.807) is 16.7 Å². The molecule has 0 aliphatic heterocycles. The molecule has 1 heterocycles. The van der Waals surface area contributed by atoms with Gasteiger partial charge >= 0.3 is 5.97 Å². The summed E-state index contributed by atoms with van der Waals surface area (Å²) in [6.07, 6.45) is 2.09. The number of hydrogen-bond donors (Lipinski definition) is 4. The highest BCUT2D eigenvalue weighted by Crippen LogP contribution is 2.46. The van der Waals surface area contributed by atoms with Gasteiger partial charge in [-0.05, 0) is 74.6 Å². The zero-order valence-corrected chi connectivity index (χ0v) is 25.0. The summed E-state index contributed by atoms with van der Waals surface area (Å²) in [6, 6.07) is 21.8. The first-order valence-electron chi connectivity index (χ1n) is 14.6. The Balaban J connectivity index is 1.95. The number of aliphatic carboxylic acids is 1. The van der Waals surface area contributed by atoms with Gasteiger partial charge in [-0.1, -0.05) is 68.3 Å². The van der Waals surface area contributed by atoms with Crippen molar-refractivity contribution in [2.45, 2.75) is 65.0 Å². The predicted octanol–water partition coefficient (Wildman–Crippen LogP) is 7.99. The summed E-state index contributed by atoms with van der Waals surface area (Å²) in [5.74, 6) is -2.86. The van der Waals surface area contributed by atoms with Crippen molar-refractivity contribution >= 4 is 17.6 Å². The molecule has 0 radical (unpaired) electrons. The fourth-order valence-corrected chi connectivity index (χ4v) is 5.74. The number of para-hydroxylation sites is 1. The number of carbonyl (C=O) groups excluding carboxylic acids is 1. The van der Waals surface area contributed by atoms with E-state index in [0.717, 1.165) is 24.0 Å². The summed E-state index contributed by atoms with van der Waals surface area (Å²) < 4.78 is 15.7. The summed E-state index contributed by atoms with van der Waals surface area (Å²) in [4.78, 5) is 26.1. The highest BCUT2D eigenvalue weighted by atomic mass is 19.1. The molecular formula is C35H39FN2O5. The van der Waals surface area contributed by atoms with Gasteiger partial charge in [0, 0.05) is 17.3 Å². The number of amides is 1. The third-order valence-corrected chi connectivity index (χ3v) is 7.82. The molecule has 0 fully saturated rings. The van der Waals surface area contributed by atoms with Crippen LogP contribution in [0.3, 0.4) is 0 Å². The number of rotatable bonds is 12. The first-order valence-corrected chi connectivity index (χ1v) is 14.6. The van der Waals surface area contributed by atoms with Crippen molar-refractivity contribution in [3.8, 4) is 28.1 Å². The number of aromatic hydroxyl groups is 1. The molecular weight excluding hydrogens is 547 g/mol. The van der Waals surface area contributed by atoms with Crippen LogP contribution in [0.15, 0.2) is 78.9 Å². The predicted molar refractivity (Wildman–Crippen MR) is 167 cm³/mol. The number of nitrogens with one attached hydrogen (secondary N) is 1. The van der Waals surface area contributed by atoms with Crippen LogP contribution < -0.4 is 5.32 Å². The minimum absolute atomic E-state index is 0.0766. The zero-order valence-electron chi connectivity index (χ0n) is 25.0. The van der Waals surface area contributed by atoms with Crippen molar-refractivity contribution < 1.29 is 29.3 Å². The summed E-state index contributed by atoms with van der Waals surface area (Å²) in [6.45, 7) is 6.86. The Hall–Kier alpha value is -4.43. The number of benzene rings is 3. The molecule has 226 valence electrons. The van der Waals surface area contributed by atoms with Gasteiger partial charge in [0.25, 0.3) is 5.91 Å². The Morgan fingerprint density at radius 2 is 1.58 bits per heavy atom. The maximum Gasteiger partial charge on any atom is 0.303 e. The van der Waals surface area contributed by atoms with Gasteiger partial charge in [-0.25, -0.2) is 4.39 Å². The van der Waals surface area contributed by atoms with E-state index in [2.05, 4.69) is 5.32 Å². The van der Waals surface area contributed by atoms with Gasteiger partial charge in [0.15, 0.2) is 5.75 Å². The molecule has 4 aromatic rings. The van der Waals surface area contributed by atoms with Gasteiger partial charge in [-0.2, -0.15) is 0 Å². The lowest BCUT2D eigenvalue weighted by molar-refractivity contribution is -0.138. The molecule has 8 heteroatoms. The van der Waals surface area contributed by atoms with Crippen molar-refractivity contribution in [2.75, 3.05) is 5.32 Å². The van der Waals surface area contributed by atoms with Crippen molar-refractivity contribution in [3.63, 3.8) is 0 Å². The Morgan fingerprint density at radius 1 is 0.953 bits per heavy atom. The molecule has 2 atom stereocenters. The molecule has 0 spiro atoms. The quantitative estimate of drug-likeness (QED) is 0.134. The molecule has 0 saturated heterocycles. The van der Waals surface area contributed by atoms with E-state index in [1.165, 1.54) is 38.1 Å². The van der Waals surface area contributed by atoms with Crippen molar-refractivity contribution in [2.24, 2.45) is 5.92 Å². The first kappa shape index (κ1) is 31.5. The fraction of sp³-hybridized carbons (Fsp3) is 0.314. The molecule has 3 aromatic carbocycles. The second-order valence-electron chi connectivity index (χ2n) is 11.5. The van der Waals surface area contributed by atoms with Gasteiger partial charge in [0.05, 0.1) is 17.8 Å². The van der Waals surface area contributed by atoms with Crippen LogP contribution in [0.4, 0.5) is 10.1 Å². The van der Waals surface area contributed by atoms with Gasteiger partial charge < -0.3 is 25.2 Å². The van der Waals surface area contributed by atoms with E-state index >= 15 is 0 Å². The van der Waals surface area contributed by atoms with Crippen LogP contribution in [0.1, 0.15) is 75.5 Å². The number of carbonyl (C=O) groups is 2. The minimum atomic E-state index is -1.62. The molecule has 1 aromatic heterocycles. The molecule has 0 aliphatic carbocycles. The van der Waals surface area contributed by atoms with Gasteiger partial charge in [-0.15, -0.1) is 0 Å². The number of hydrogen-bond acceptors (Lipinski definition) is 4. The van der Waals surface area contributed by atoms with E-state index in [9.17, 15) is 29.3 Å². The Labute approximate surface area is 251 Å². The second kappa shape index (κ2) is 13.3. The average Bonchev–Trinajstić information content (AvgIpc) is 3.29. The highest BCUT2D eigenvalue weighted by Gasteiger charge is 2.38. The van der Waals surface area contributed by atoms with Crippen LogP contribution >= 0.6 is 0 Å². The van der Waals surface area contributed by atoms with Crippen LogP contribution in [0.25, 0.3) is 22.4 Å². The summed E-state index contributed by atoms with van der Waals surface area (Å²) >= 11 is 0. The number of halogens is 1. The number of anilines is 1. The van der Waals surface area contributed by atoms with Crippen molar-refractivity contribution in [1.29, 1.82) is 0 Å². The van der Waals surface area contributed by atoms with Gasteiger partial charge in [-0.3, -0.25) is 9.59 Å². The summed E-state index contributed by atoms with van der Waals surface area (Å²) in [7, 11) is 0. The van der Waals surface area contributed by atoms with E-state index in [-0.39, 0.29) is 29.3 Å². The molecule has 4 rings (SSSR count). The summed E-state index contributed by atoms with van der Waals surface area (Å²) in [5.41, 5.74) is 1.24. The molecule has 0 saturated carbocycles. The third kappa shape index (κ3) is 6.97. The Bertz CT molecular complexity index is 1570. The van der Waals surface area contributed by atoms with E-state index in [0.29, 0.717) is 17.7 Å². The van der Waals surface area contributed by atoms with Crippen molar-refractivity contribution in [3.05, 3.63) is 95.9 Å². The van der Waals surface area contributed by atoms with Gasteiger partial charge in [0.2, 0.25) is 0 Å². The lowest BCUT2D eigenvalue weighted by atomic mass is 9.90. The first-order chi connectivity index (χ1) is 20.4. The molecule has 43 heavy (non-hydrogen) atoms. The summed E-state index contributed by atoms with van der Waals surface area (Å²) in [5, 5.41) is 35.8. The number of nitrogens with zero attached hydrogens (tertiary/aromatic N) is 1. The van der Waals surface area contributed by atoms with Crippen LogP contribution in [0.5, 0.6) is 5.75 Å². The smallest absolute Gasteiger partial charge is 0.303 e. The minimum Gasteiger partial charge on any atom is -0.505 e. The topological polar surface area (TPSA) is 112 Å². The molecule has 0 bridgehead atoms. The normalized spacial score (nSPS) is 13.0. The standard InChI is InChI=1S/C35H39FN2O5/c1-5-6-12-25(21-29(39)40)22(2)38-31(24-17-19-26(36)20-18-24)30(32(41)33(38)35(3,4)43)34(42)37-28-16-11-10-15-27(28)23-13-8-7-9-14-23/h7-11,13-20,22,25,41,43H,5-6,12,21H2,1-4H3,(H,37,42)(H,39,40)/t22-,25-/m1/s1. The molecule has 1 amide bonds.